The monoisotopic (exact) mass is 341 g/mol. The summed E-state index contributed by atoms with van der Waals surface area (Å²) in [5.41, 5.74) is 0.157. The number of halogens is 2. The Morgan fingerprint density at radius 1 is 1.45 bits per heavy atom. The fourth-order valence-corrected chi connectivity index (χ4v) is 2.08. The first-order valence-corrected chi connectivity index (χ1v) is 6.26. The average Bonchev–Trinajstić information content (AvgIpc) is 2.75. The van der Waals surface area contributed by atoms with Crippen LogP contribution in [0, 0.1) is 5.82 Å². The van der Waals surface area contributed by atoms with Gasteiger partial charge in [-0.25, -0.2) is 4.39 Å². The largest absolute Gasteiger partial charge is 0.480 e. The number of carbonyl (C=O) groups is 2. The molecule has 0 fully saturated rings. The van der Waals surface area contributed by atoms with Crippen molar-refractivity contribution in [3.05, 3.63) is 46.4 Å². The van der Waals surface area contributed by atoms with Gasteiger partial charge in [-0.15, -0.1) is 0 Å². The van der Waals surface area contributed by atoms with Crippen LogP contribution < -0.4 is 5.32 Å². The number of carboxylic acid groups (broad SMARTS) is 1. The van der Waals surface area contributed by atoms with Crippen molar-refractivity contribution in [1.82, 2.24) is 9.78 Å². The van der Waals surface area contributed by atoms with Crippen LogP contribution in [0.1, 0.15) is 10.4 Å². The number of rotatable bonds is 4. The predicted octanol–water partition coefficient (Wildman–Crippen LogP) is 2.12. The van der Waals surface area contributed by atoms with Crippen molar-refractivity contribution in [3.8, 4) is 0 Å². The molecule has 0 radical (unpaired) electrons. The molecule has 0 aliphatic heterocycles. The number of aliphatic carboxylic acids is 1. The molecule has 2 aromatic rings. The highest BCUT2D eigenvalue weighted by Crippen LogP contribution is 2.21. The molecule has 0 saturated heterocycles. The van der Waals surface area contributed by atoms with E-state index in [1.807, 2.05) is 0 Å². The van der Waals surface area contributed by atoms with Gasteiger partial charge in [0.2, 0.25) is 0 Å². The Morgan fingerprint density at radius 3 is 2.85 bits per heavy atom. The Morgan fingerprint density at radius 2 is 2.20 bits per heavy atom. The fourth-order valence-electron chi connectivity index (χ4n) is 1.56. The SMILES string of the molecule is O=C(O)Cn1cc(NC(=O)c2c(F)cccc2Br)cn1. The van der Waals surface area contributed by atoms with Gasteiger partial charge >= 0.3 is 5.97 Å². The first kappa shape index (κ1) is 14.2. The summed E-state index contributed by atoms with van der Waals surface area (Å²) in [5, 5.41) is 14.8. The minimum absolute atomic E-state index is 0.126. The van der Waals surface area contributed by atoms with Crippen molar-refractivity contribution < 1.29 is 19.1 Å². The molecule has 20 heavy (non-hydrogen) atoms. The number of nitrogens with zero attached hydrogens (tertiary/aromatic N) is 2. The van der Waals surface area contributed by atoms with Crippen LogP contribution in [0.5, 0.6) is 0 Å². The van der Waals surface area contributed by atoms with Crippen LogP contribution in [-0.2, 0) is 11.3 Å². The molecule has 0 bridgehead atoms. The zero-order valence-corrected chi connectivity index (χ0v) is 11.6. The van der Waals surface area contributed by atoms with Gasteiger partial charge in [-0.3, -0.25) is 14.3 Å². The number of carboxylic acids is 1. The molecule has 1 heterocycles. The molecule has 6 nitrogen and oxygen atoms in total. The smallest absolute Gasteiger partial charge is 0.325 e. The molecule has 0 spiro atoms. The molecule has 8 heteroatoms. The van der Waals surface area contributed by atoms with E-state index in [0.29, 0.717) is 4.47 Å². The van der Waals surface area contributed by atoms with Crippen LogP contribution in [0.25, 0.3) is 0 Å². The van der Waals surface area contributed by atoms with Crippen molar-refractivity contribution in [1.29, 1.82) is 0 Å². The maximum Gasteiger partial charge on any atom is 0.325 e. The normalized spacial score (nSPS) is 10.3. The molecular weight excluding hydrogens is 333 g/mol. The van der Waals surface area contributed by atoms with Crippen LogP contribution in [0.15, 0.2) is 35.1 Å². The van der Waals surface area contributed by atoms with Gasteiger partial charge in [0, 0.05) is 10.7 Å². The molecule has 2 rings (SSSR count). The Labute approximate surface area is 121 Å². The van der Waals surface area contributed by atoms with E-state index in [1.165, 1.54) is 24.5 Å². The van der Waals surface area contributed by atoms with E-state index in [2.05, 4.69) is 26.3 Å². The summed E-state index contributed by atoms with van der Waals surface area (Å²) in [5.74, 6) is -2.36. The molecule has 1 amide bonds. The standard InChI is InChI=1S/C12H9BrFN3O3/c13-8-2-1-3-9(14)11(8)12(20)16-7-4-15-17(5-7)6-10(18)19/h1-5H,6H2,(H,16,20)(H,18,19). The van der Waals surface area contributed by atoms with Crippen molar-refractivity contribution in [3.63, 3.8) is 0 Å². The molecule has 0 saturated carbocycles. The summed E-state index contributed by atoms with van der Waals surface area (Å²) in [4.78, 5) is 22.5. The maximum atomic E-state index is 13.6. The first-order valence-electron chi connectivity index (χ1n) is 5.47. The lowest BCUT2D eigenvalue weighted by Gasteiger charge is -2.05. The molecule has 0 unspecified atom stereocenters. The van der Waals surface area contributed by atoms with Gasteiger partial charge in [0.1, 0.15) is 12.4 Å². The summed E-state index contributed by atoms with van der Waals surface area (Å²) in [6, 6.07) is 4.19. The van der Waals surface area contributed by atoms with Crippen LogP contribution in [0.3, 0.4) is 0 Å². The number of benzene rings is 1. The Bertz CT molecular complexity index is 651. The molecule has 1 aromatic carbocycles. The van der Waals surface area contributed by atoms with Crippen molar-refractivity contribution in [2.24, 2.45) is 0 Å². The Kier molecular flexibility index (Phi) is 4.14. The van der Waals surface area contributed by atoms with Crippen LogP contribution in [0.2, 0.25) is 0 Å². The minimum Gasteiger partial charge on any atom is -0.480 e. The lowest BCUT2D eigenvalue weighted by Crippen LogP contribution is -2.14. The molecule has 0 atom stereocenters. The van der Waals surface area contributed by atoms with Gasteiger partial charge in [0.15, 0.2) is 0 Å². The van der Waals surface area contributed by atoms with Crippen LogP contribution in [-0.4, -0.2) is 26.8 Å². The van der Waals surface area contributed by atoms with E-state index in [0.717, 1.165) is 4.68 Å². The molecular formula is C12H9BrFN3O3. The van der Waals surface area contributed by atoms with E-state index in [-0.39, 0.29) is 17.8 Å². The third-order valence-corrected chi connectivity index (χ3v) is 3.04. The molecule has 0 aliphatic rings. The third kappa shape index (κ3) is 3.21. The van der Waals surface area contributed by atoms with Crippen molar-refractivity contribution in [2.45, 2.75) is 6.54 Å². The number of anilines is 1. The number of hydrogen-bond acceptors (Lipinski definition) is 3. The molecule has 0 aliphatic carbocycles. The number of hydrogen-bond donors (Lipinski definition) is 2. The van der Waals surface area contributed by atoms with Gasteiger partial charge in [-0.1, -0.05) is 6.07 Å². The van der Waals surface area contributed by atoms with Crippen LogP contribution >= 0.6 is 15.9 Å². The van der Waals surface area contributed by atoms with Gasteiger partial charge < -0.3 is 10.4 Å². The number of nitrogens with one attached hydrogen (secondary N) is 1. The van der Waals surface area contributed by atoms with Gasteiger partial charge in [-0.05, 0) is 28.1 Å². The highest BCUT2D eigenvalue weighted by Gasteiger charge is 2.16. The maximum absolute atomic E-state index is 13.6. The highest BCUT2D eigenvalue weighted by molar-refractivity contribution is 9.10. The zero-order chi connectivity index (χ0) is 14.7. The van der Waals surface area contributed by atoms with E-state index in [4.69, 9.17) is 5.11 Å². The first-order chi connectivity index (χ1) is 9.47. The molecule has 2 N–H and O–H groups in total. The summed E-state index contributed by atoms with van der Waals surface area (Å²) < 4.78 is 15.1. The summed E-state index contributed by atoms with van der Waals surface area (Å²) >= 11 is 3.10. The summed E-state index contributed by atoms with van der Waals surface area (Å²) in [6.45, 7) is -0.320. The summed E-state index contributed by atoms with van der Waals surface area (Å²) in [6.07, 6.45) is 2.64. The van der Waals surface area contributed by atoms with E-state index < -0.39 is 17.7 Å². The lowest BCUT2D eigenvalue weighted by molar-refractivity contribution is -0.137. The Balaban J connectivity index is 2.16. The summed E-state index contributed by atoms with van der Waals surface area (Å²) in [7, 11) is 0. The van der Waals surface area contributed by atoms with E-state index in [9.17, 15) is 14.0 Å². The van der Waals surface area contributed by atoms with E-state index >= 15 is 0 Å². The Hall–Kier alpha value is -2.22. The van der Waals surface area contributed by atoms with Gasteiger partial charge in [0.25, 0.3) is 5.91 Å². The highest BCUT2D eigenvalue weighted by atomic mass is 79.9. The van der Waals surface area contributed by atoms with Gasteiger partial charge in [-0.2, -0.15) is 5.10 Å². The average molecular weight is 342 g/mol. The second-order valence-electron chi connectivity index (χ2n) is 3.87. The fraction of sp³-hybridized carbons (Fsp3) is 0.0833. The van der Waals surface area contributed by atoms with Crippen molar-refractivity contribution >= 4 is 33.5 Å². The van der Waals surface area contributed by atoms with Crippen LogP contribution in [0.4, 0.5) is 10.1 Å². The van der Waals surface area contributed by atoms with Crippen molar-refractivity contribution in [2.75, 3.05) is 5.32 Å². The topological polar surface area (TPSA) is 84.2 Å². The second kappa shape index (κ2) is 5.83. The third-order valence-electron chi connectivity index (χ3n) is 2.38. The quantitative estimate of drug-likeness (QED) is 0.892. The number of amides is 1. The minimum atomic E-state index is -1.05. The number of aromatic nitrogens is 2. The van der Waals surface area contributed by atoms with Gasteiger partial charge in [0.05, 0.1) is 17.4 Å². The number of carbonyl (C=O) groups excluding carboxylic acids is 1. The molecule has 1 aromatic heterocycles. The zero-order valence-electron chi connectivity index (χ0n) is 10.0. The second-order valence-corrected chi connectivity index (χ2v) is 4.73. The van der Waals surface area contributed by atoms with E-state index in [1.54, 1.807) is 6.07 Å². The molecule has 104 valence electrons. The predicted molar refractivity (Wildman–Crippen MR) is 71.9 cm³/mol. The lowest BCUT2D eigenvalue weighted by atomic mass is 10.2.